The summed E-state index contributed by atoms with van der Waals surface area (Å²) in [5, 5.41) is 13.2. The molecule has 2 atom stereocenters. The molecule has 0 aliphatic heterocycles. The Bertz CT molecular complexity index is 306. The Kier molecular flexibility index (Phi) is 5.25. The number of aliphatic hydroxyl groups excluding tert-OH is 1. The van der Waals surface area contributed by atoms with E-state index in [4.69, 9.17) is 5.73 Å². The highest BCUT2D eigenvalue weighted by atomic mass is 79.9. The number of hydrogen-bond donors (Lipinski definition) is 3. The van der Waals surface area contributed by atoms with Crippen LogP contribution in [0.4, 0.5) is 0 Å². The highest BCUT2D eigenvalue weighted by Crippen LogP contribution is 2.26. The predicted octanol–water partition coefficient (Wildman–Crippen LogP) is 1.42. The fourth-order valence-electron chi connectivity index (χ4n) is 1.57. The zero-order chi connectivity index (χ0) is 11.3. The molecule has 0 saturated carbocycles. The van der Waals surface area contributed by atoms with Crippen molar-refractivity contribution in [2.75, 3.05) is 13.6 Å². The van der Waals surface area contributed by atoms with E-state index < -0.39 is 6.10 Å². The maximum absolute atomic E-state index is 10.1. The number of benzene rings is 1. The summed E-state index contributed by atoms with van der Waals surface area (Å²) in [5.41, 5.74) is 6.39. The first-order chi connectivity index (χ1) is 7.20. The van der Waals surface area contributed by atoms with Crippen LogP contribution in [-0.4, -0.2) is 24.7 Å². The lowest BCUT2D eigenvalue weighted by molar-refractivity contribution is 0.128. The second-order valence-corrected chi connectivity index (χ2v) is 4.29. The minimum Gasteiger partial charge on any atom is -0.387 e. The van der Waals surface area contributed by atoms with Crippen LogP contribution in [0.5, 0.6) is 0 Å². The first kappa shape index (κ1) is 12.6. The summed E-state index contributed by atoms with van der Waals surface area (Å²) in [5.74, 6) is 0. The summed E-state index contributed by atoms with van der Waals surface area (Å²) in [6.07, 6.45) is 0.216. The van der Waals surface area contributed by atoms with E-state index in [1.54, 1.807) is 0 Å². The van der Waals surface area contributed by atoms with E-state index in [1.165, 1.54) is 0 Å². The first-order valence-electron chi connectivity index (χ1n) is 5.00. The Morgan fingerprint density at radius 2 is 2.13 bits per heavy atom. The summed E-state index contributed by atoms with van der Waals surface area (Å²) in [6, 6.07) is 7.67. The molecule has 0 aliphatic carbocycles. The number of nitrogens with two attached hydrogens (primary N) is 1. The van der Waals surface area contributed by atoms with E-state index in [0.717, 1.165) is 16.5 Å². The van der Waals surface area contributed by atoms with Gasteiger partial charge in [0, 0.05) is 10.5 Å². The van der Waals surface area contributed by atoms with Crippen LogP contribution in [0, 0.1) is 0 Å². The number of halogens is 1. The van der Waals surface area contributed by atoms with Gasteiger partial charge in [-0.25, -0.2) is 0 Å². The fourth-order valence-corrected chi connectivity index (χ4v) is 2.09. The van der Waals surface area contributed by atoms with Gasteiger partial charge in [0.25, 0.3) is 0 Å². The van der Waals surface area contributed by atoms with Crippen molar-refractivity contribution in [1.82, 2.24) is 5.32 Å². The van der Waals surface area contributed by atoms with Crippen molar-refractivity contribution in [3.05, 3.63) is 34.3 Å². The molecule has 0 aromatic heterocycles. The monoisotopic (exact) mass is 272 g/mol. The topological polar surface area (TPSA) is 58.3 Å². The predicted molar refractivity (Wildman–Crippen MR) is 65.6 cm³/mol. The van der Waals surface area contributed by atoms with E-state index >= 15 is 0 Å². The van der Waals surface area contributed by atoms with Gasteiger partial charge in [-0.15, -0.1) is 0 Å². The Hall–Kier alpha value is -0.420. The number of aliphatic hydroxyl groups is 1. The Morgan fingerprint density at radius 1 is 1.47 bits per heavy atom. The summed E-state index contributed by atoms with van der Waals surface area (Å²) < 4.78 is 0.926. The molecule has 1 rings (SSSR count). The van der Waals surface area contributed by atoms with Crippen LogP contribution < -0.4 is 11.1 Å². The summed E-state index contributed by atoms with van der Waals surface area (Å²) in [7, 11) is 1.83. The minimum atomic E-state index is -0.533. The normalized spacial score (nSPS) is 14.9. The smallest absolute Gasteiger partial charge is 0.0954 e. The minimum absolute atomic E-state index is 0.00583. The van der Waals surface area contributed by atoms with Gasteiger partial charge in [-0.2, -0.15) is 0 Å². The van der Waals surface area contributed by atoms with Crippen LogP contribution in [0.1, 0.15) is 18.1 Å². The SMILES string of the molecule is CNC(CCN)C(O)c1ccccc1Br. The molecule has 0 saturated heterocycles. The quantitative estimate of drug-likeness (QED) is 0.760. The number of rotatable bonds is 5. The molecule has 0 spiro atoms. The van der Waals surface area contributed by atoms with Gasteiger partial charge in [0.1, 0.15) is 0 Å². The maximum atomic E-state index is 10.1. The molecule has 0 bridgehead atoms. The average Bonchev–Trinajstić information content (AvgIpc) is 2.25. The molecule has 15 heavy (non-hydrogen) atoms. The Balaban J connectivity index is 2.82. The molecule has 1 aromatic carbocycles. The first-order valence-corrected chi connectivity index (χ1v) is 5.79. The highest BCUT2D eigenvalue weighted by molar-refractivity contribution is 9.10. The van der Waals surface area contributed by atoms with Crippen molar-refractivity contribution >= 4 is 15.9 Å². The van der Waals surface area contributed by atoms with E-state index in [0.29, 0.717) is 6.54 Å². The van der Waals surface area contributed by atoms with Crippen LogP contribution in [0.15, 0.2) is 28.7 Å². The lowest BCUT2D eigenvalue weighted by Crippen LogP contribution is -2.34. The molecule has 4 N–H and O–H groups in total. The van der Waals surface area contributed by atoms with Gasteiger partial charge >= 0.3 is 0 Å². The fraction of sp³-hybridized carbons (Fsp3) is 0.455. The molecular formula is C11H17BrN2O. The molecule has 0 radical (unpaired) electrons. The van der Waals surface area contributed by atoms with Crippen LogP contribution in [0.2, 0.25) is 0 Å². The zero-order valence-corrected chi connectivity index (χ0v) is 10.4. The average molecular weight is 273 g/mol. The third-order valence-electron chi connectivity index (χ3n) is 2.45. The van der Waals surface area contributed by atoms with Gasteiger partial charge in [-0.3, -0.25) is 0 Å². The zero-order valence-electron chi connectivity index (χ0n) is 8.78. The molecule has 0 aliphatic rings. The molecule has 0 heterocycles. The van der Waals surface area contributed by atoms with Crippen molar-refractivity contribution in [2.24, 2.45) is 5.73 Å². The summed E-state index contributed by atoms with van der Waals surface area (Å²) in [6.45, 7) is 0.563. The molecule has 0 fully saturated rings. The van der Waals surface area contributed by atoms with Crippen molar-refractivity contribution in [1.29, 1.82) is 0 Å². The molecule has 4 heteroatoms. The van der Waals surface area contributed by atoms with Crippen LogP contribution >= 0.6 is 15.9 Å². The van der Waals surface area contributed by atoms with Crippen LogP contribution in [-0.2, 0) is 0 Å². The molecule has 84 valence electrons. The van der Waals surface area contributed by atoms with Crippen molar-refractivity contribution < 1.29 is 5.11 Å². The third kappa shape index (κ3) is 3.28. The van der Waals surface area contributed by atoms with Gasteiger partial charge in [0.2, 0.25) is 0 Å². The highest BCUT2D eigenvalue weighted by Gasteiger charge is 2.19. The van der Waals surface area contributed by atoms with Gasteiger partial charge in [-0.05, 0) is 31.6 Å². The molecular weight excluding hydrogens is 256 g/mol. The van der Waals surface area contributed by atoms with Crippen LogP contribution in [0.3, 0.4) is 0 Å². The van der Waals surface area contributed by atoms with E-state index in [2.05, 4.69) is 21.2 Å². The Labute approximate surface area is 98.8 Å². The summed E-state index contributed by atoms with van der Waals surface area (Å²) >= 11 is 3.43. The Morgan fingerprint density at radius 3 is 2.67 bits per heavy atom. The van der Waals surface area contributed by atoms with Gasteiger partial charge < -0.3 is 16.2 Å². The van der Waals surface area contributed by atoms with Crippen LogP contribution in [0.25, 0.3) is 0 Å². The van der Waals surface area contributed by atoms with Crippen molar-refractivity contribution in [3.8, 4) is 0 Å². The number of likely N-dealkylation sites (N-methyl/N-ethyl adjacent to an activating group) is 1. The molecule has 0 amide bonds. The van der Waals surface area contributed by atoms with Gasteiger partial charge in [-0.1, -0.05) is 34.1 Å². The molecule has 1 aromatic rings. The lowest BCUT2D eigenvalue weighted by atomic mass is 10.00. The van der Waals surface area contributed by atoms with E-state index in [9.17, 15) is 5.11 Å². The van der Waals surface area contributed by atoms with E-state index in [-0.39, 0.29) is 6.04 Å². The van der Waals surface area contributed by atoms with E-state index in [1.807, 2.05) is 31.3 Å². The standard InChI is InChI=1S/C11H17BrN2O/c1-14-10(6-7-13)11(15)8-4-2-3-5-9(8)12/h2-5,10-11,14-15H,6-7,13H2,1H3. The molecule has 2 unspecified atom stereocenters. The maximum Gasteiger partial charge on any atom is 0.0954 e. The molecule has 3 nitrogen and oxygen atoms in total. The van der Waals surface area contributed by atoms with Crippen molar-refractivity contribution in [3.63, 3.8) is 0 Å². The lowest BCUT2D eigenvalue weighted by Gasteiger charge is -2.23. The largest absolute Gasteiger partial charge is 0.387 e. The number of hydrogen-bond acceptors (Lipinski definition) is 3. The number of nitrogens with one attached hydrogen (secondary N) is 1. The second-order valence-electron chi connectivity index (χ2n) is 3.44. The summed E-state index contributed by atoms with van der Waals surface area (Å²) in [4.78, 5) is 0. The second kappa shape index (κ2) is 6.23. The van der Waals surface area contributed by atoms with Crippen molar-refractivity contribution in [2.45, 2.75) is 18.6 Å². The van der Waals surface area contributed by atoms with Gasteiger partial charge in [0.15, 0.2) is 0 Å². The third-order valence-corrected chi connectivity index (χ3v) is 3.18. The van der Waals surface area contributed by atoms with Gasteiger partial charge in [0.05, 0.1) is 6.10 Å².